The number of rotatable bonds is 5. The molecule has 2 nitrogen and oxygen atoms in total. The van der Waals surface area contributed by atoms with Gasteiger partial charge in [0, 0.05) is 6.04 Å². The van der Waals surface area contributed by atoms with Crippen LogP contribution in [0, 0.1) is 0 Å². The second kappa shape index (κ2) is 7.31. The minimum atomic E-state index is 0. The summed E-state index contributed by atoms with van der Waals surface area (Å²) in [5.74, 6) is 0.882. The Morgan fingerprint density at radius 1 is 1.50 bits per heavy atom. The number of nitrogens with two attached hydrogens (primary N) is 1. The number of hydrogen-bond donors (Lipinski definition) is 1. The maximum absolute atomic E-state index is 6.04. The molecule has 0 amide bonds. The molecule has 1 atom stereocenters. The van der Waals surface area contributed by atoms with Crippen LogP contribution in [0.2, 0.25) is 0 Å². The molecule has 0 aliphatic heterocycles. The van der Waals surface area contributed by atoms with Gasteiger partial charge in [-0.05, 0) is 38.0 Å². The summed E-state index contributed by atoms with van der Waals surface area (Å²) >= 11 is 0. The first kappa shape index (κ1) is 15.0. The number of hydrogen-bond acceptors (Lipinski definition) is 2. The Morgan fingerprint density at radius 3 is 2.75 bits per heavy atom. The van der Waals surface area contributed by atoms with E-state index in [1.165, 1.54) is 0 Å². The lowest BCUT2D eigenvalue weighted by atomic mass is 10.0. The van der Waals surface area contributed by atoms with Crippen LogP contribution in [-0.4, -0.2) is 6.61 Å². The molecule has 1 aromatic carbocycles. The van der Waals surface area contributed by atoms with Gasteiger partial charge in [-0.2, -0.15) is 0 Å². The highest BCUT2D eigenvalue weighted by Gasteiger charge is 2.06. The molecule has 0 fully saturated rings. The smallest absolute Gasteiger partial charge is 0.119 e. The Labute approximate surface area is 104 Å². The molecule has 0 aliphatic carbocycles. The van der Waals surface area contributed by atoms with Crippen LogP contribution >= 0.6 is 12.4 Å². The van der Waals surface area contributed by atoms with E-state index in [4.69, 9.17) is 10.5 Å². The Bertz CT molecular complexity index is 338. The molecule has 0 aliphatic rings. The van der Waals surface area contributed by atoms with Crippen molar-refractivity contribution in [1.29, 1.82) is 0 Å². The molecular weight excluding hydrogens is 222 g/mol. The zero-order valence-corrected chi connectivity index (χ0v) is 10.7. The first-order valence-corrected chi connectivity index (χ1v) is 5.26. The second-order valence-corrected chi connectivity index (χ2v) is 3.77. The first-order valence-electron chi connectivity index (χ1n) is 5.26. The molecule has 16 heavy (non-hydrogen) atoms. The zero-order chi connectivity index (χ0) is 11.3. The average molecular weight is 242 g/mol. The summed E-state index contributed by atoms with van der Waals surface area (Å²) in [5.41, 5.74) is 8.25. The lowest BCUT2D eigenvalue weighted by Gasteiger charge is -2.13. The van der Waals surface area contributed by atoms with Gasteiger partial charge in [0.15, 0.2) is 0 Å². The Balaban J connectivity index is 0.00000225. The molecule has 0 saturated heterocycles. The fourth-order valence-corrected chi connectivity index (χ4v) is 1.49. The molecule has 0 radical (unpaired) electrons. The molecule has 1 rings (SSSR count). The largest absolute Gasteiger partial charge is 0.494 e. The minimum Gasteiger partial charge on any atom is -0.494 e. The summed E-state index contributed by atoms with van der Waals surface area (Å²) in [6, 6.07) is 7.95. The molecular formula is C13H20ClNO. The van der Waals surface area contributed by atoms with E-state index in [1.807, 2.05) is 38.1 Å². The summed E-state index contributed by atoms with van der Waals surface area (Å²) < 4.78 is 5.42. The Morgan fingerprint density at radius 2 is 2.19 bits per heavy atom. The molecule has 3 heteroatoms. The minimum absolute atomic E-state index is 0. The van der Waals surface area contributed by atoms with Crippen LogP contribution in [0.4, 0.5) is 0 Å². The normalized spacial score (nSPS) is 11.4. The lowest BCUT2D eigenvalue weighted by Crippen LogP contribution is -2.10. The third-order valence-corrected chi connectivity index (χ3v) is 2.17. The van der Waals surface area contributed by atoms with Gasteiger partial charge in [-0.3, -0.25) is 0 Å². The monoisotopic (exact) mass is 241 g/mol. The number of benzene rings is 1. The van der Waals surface area contributed by atoms with Crippen LogP contribution in [0.3, 0.4) is 0 Å². The van der Waals surface area contributed by atoms with Crippen molar-refractivity contribution in [3.05, 3.63) is 42.0 Å². The van der Waals surface area contributed by atoms with E-state index in [1.54, 1.807) is 0 Å². The fourth-order valence-electron chi connectivity index (χ4n) is 1.49. The van der Waals surface area contributed by atoms with Crippen molar-refractivity contribution < 1.29 is 4.74 Å². The summed E-state index contributed by atoms with van der Waals surface area (Å²) in [4.78, 5) is 0. The predicted molar refractivity (Wildman–Crippen MR) is 71.2 cm³/mol. The number of ether oxygens (including phenoxy) is 1. The standard InChI is InChI=1S/C13H19NO.ClH/c1-4-15-12-7-5-6-11(9-12)13(14)8-10(2)3;/h5-7,9,13H,2,4,8,14H2,1,3H3;1H/t13-;/m1./s1. The van der Waals surface area contributed by atoms with E-state index in [0.717, 1.165) is 23.3 Å². The highest BCUT2D eigenvalue weighted by atomic mass is 35.5. The van der Waals surface area contributed by atoms with E-state index in [2.05, 4.69) is 6.58 Å². The van der Waals surface area contributed by atoms with Gasteiger partial charge in [-0.1, -0.05) is 17.7 Å². The second-order valence-electron chi connectivity index (χ2n) is 3.77. The van der Waals surface area contributed by atoms with Gasteiger partial charge in [0.25, 0.3) is 0 Å². The van der Waals surface area contributed by atoms with Crippen molar-refractivity contribution in [3.63, 3.8) is 0 Å². The first-order chi connectivity index (χ1) is 7.13. The Hall–Kier alpha value is -0.990. The van der Waals surface area contributed by atoms with Gasteiger partial charge in [-0.15, -0.1) is 19.0 Å². The van der Waals surface area contributed by atoms with Gasteiger partial charge in [0.05, 0.1) is 6.61 Å². The van der Waals surface area contributed by atoms with Crippen molar-refractivity contribution in [1.82, 2.24) is 0 Å². The summed E-state index contributed by atoms with van der Waals surface area (Å²) in [7, 11) is 0. The molecule has 0 heterocycles. The van der Waals surface area contributed by atoms with Gasteiger partial charge in [0.1, 0.15) is 5.75 Å². The van der Waals surface area contributed by atoms with Crippen molar-refractivity contribution in [2.75, 3.05) is 6.61 Å². The SMILES string of the molecule is C=C(C)C[C@@H](N)c1cccc(OCC)c1.Cl. The summed E-state index contributed by atoms with van der Waals surface area (Å²) in [6.45, 7) is 8.51. The van der Waals surface area contributed by atoms with Crippen LogP contribution in [0.1, 0.15) is 31.9 Å². The van der Waals surface area contributed by atoms with Crippen molar-refractivity contribution in [2.24, 2.45) is 5.73 Å². The maximum atomic E-state index is 6.04. The summed E-state index contributed by atoms with van der Waals surface area (Å²) in [6.07, 6.45) is 0.815. The number of halogens is 1. The summed E-state index contributed by atoms with van der Waals surface area (Å²) in [5, 5.41) is 0. The third-order valence-electron chi connectivity index (χ3n) is 2.17. The van der Waals surface area contributed by atoms with Crippen LogP contribution in [0.15, 0.2) is 36.4 Å². The van der Waals surface area contributed by atoms with E-state index < -0.39 is 0 Å². The lowest BCUT2D eigenvalue weighted by molar-refractivity contribution is 0.339. The van der Waals surface area contributed by atoms with Crippen molar-refractivity contribution in [3.8, 4) is 5.75 Å². The topological polar surface area (TPSA) is 35.2 Å². The molecule has 2 N–H and O–H groups in total. The maximum Gasteiger partial charge on any atom is 0.119 e. The Kier molecular flexibility index (Phi) is 6.86. The van der Waals surface area contributed by atoms with Crippen molar-refractivity contribution in [2.45, 2.75) is 26.3 Å². The van der Waals surface area contributed by atoms with Gasteiger partial charge >= 0.3 is 0 Å². The quantitative estimate of drug-likeness (QED) is 0.802. The highest BCUT2D eigenvalue weighted by molar-refractivity contribution is 5.85. The van der Waals surface area contributed by atoms with Crippen LogP contribution < -0.4 is 10.5 Å². The zero-order valence-electron chi connectivity index (χ0n) is 9.90. The van der Waals surface area contributed by atoms with E-state index in [-0.39, 0.29) is 18.4 Å². The molecule has 0 saturated carbocycles. The van der Waals surface area contributed by atoms with E-state index in [9.17, 15) is 0 Å². The van der Waals surface area contributed by atoms with Crippen LogP contribution in [-0.2, 0) is 0 Å². The average Bonchev–Trinajstić information content (AvgIpc) is 2.17. The van der Waals surface area contributed by atoms with Crippen molar-refractivity contribution >= 4 is 12.4 Å². The fraction of sp³-hybridized carbons (Fsp3) is 0.385. The van der Waals surface area contributed by atoms with Gasteiger partial charge < -0.3 is 10.5 Å². The highest BCUT2D eigenvalue weighted by Crippen LogP contribution is 2.21. The van der Waals surface area contributed by atoms with Crippen LogP contribution in [0.5, 0.6) is 5.75 Å². The molecule has 0 aromatic heterocycles. The molecule has 90 valence electrons. The van der Waals surface area contributed by atoms with Crippen LogP contribution in [0.25, 0.3) is 0 Å². The third kappa shape index (κ3) is 4.69. The molecule has 1 aromatic rings. The predicted octanol–water partition coefficient (Wildman–Crippen LogP) is 3.47. The van der Waals surface area contributed by atoms with Gasteiger partial charge in [0.2, 0.25) is 0 Å². The van der Waals surface area contributed by atoms with E-state index >= 15 is 0 Å². The van der Waals surface area contributed by atoms with E-state index in [0.29, 0.717) is 6.61 Å². The molecule has 0 bridgehead atoms. The van der Waals surface area contributed by atoms with Gasteiger partial charge in [-0.25, -0.2) is 0 Å². The molecule has 0 spiro atoms. The molecule has 0 unspecified atom stereocenters.